The van der Waals surface area contributed by atoms with Crippen molar-refractivity contribution in [2.45, 2.75) is 12.7 Å². The van der Waals surface area contributed by atoms with Crippen LogP contribution in [-0.2, 0) is 13.6 Å². The van der Waals surface area contributed by atoms with E-state index >= 15 is 0 Å². The highest BCUT2D eigenvalue weighted by Gasteiger charge is 2.26. The van der Waals surface area contributed by atoms with E-state index < -0.39 is 12.7 Å². The van der Waals surface area contributed by atoms with E-state index in [1.807, 2.05) is 18.2 Å². The molecule has 98 valence electrons. The molecule has 1 heterocycles. The van der Waals surface area contributed by atoms with Gasteiger partial charge in [-0.15, -0.1) is 0 Å². The van der Waals surface area contributed by atoms with Crippen molar-refractivity contribution in [1.82, 2.24) is 14.9 Å². The molecule has 0 saturated heterocycles. The van der Waals surface area contributed by atoms with Crippen molar-refractivity contribution >= 4 is 27.0 Å². The largest absolute Gasteiger partial charge is 0.401 e. The number of benzene rings is 1. The molecule has 7 heteroatoms. The Morgan fingerprint density at radius 3 is 2.78 bits per heavy atom. The molecule has 0 radical (unpaired) electrons. The zero-order chi connectivity index (χ0) is 13.3. The van der Waals surface area contributed by atoms with Crippen LogP contribution in [-0.4, -0.2) is 22.3 Å². The average molecular weight is 322 g/mol. The van der Waals surface area contributed by atoms with E-state index in [0.717, 1.165) is 15.5 Å². The predicted octanol–water partition coefficient (Wildman–Crippen LogP) is 2.99. The SMILES string of the molecule is Cn1c(CNCC(F)(F)F)nc2cc(Br)ccc21. The van der Waals surface area contributed by atoms with Gasteiger partial charge >= 0.3 is 6.18 Å². The lowest BCUT2D eigenvalue weighted by Gasteiger charge is -2.07. The van der Waals surface area contributed by atoms with E-state index in [1.54, 1.807) is 11.6 Å². The molecule has 2 rings (SSSR count). The molecule has 0 aliphatic carbocycles. The molecule has 0 amide bonds. The van der Waals surface area contributed by atoms with Crippen molar-refractivity contribution in [2.24, 2.45) is 7.05 Å². The molecule has 0 fully saturated rings. The lowest BCUT2D eigenvalue weighted by molar-refractivity contribution is -0.125. The molecule has 0 aliphatic heterocycles. The molecule has 0 unspecified atom stereocenters. The van der Waals surface area contributed by atoms with Crippen LogP contribution in [0.5, 0.6) is 0 Å². The Morgan fingerprint density at radius 2 is 2.11 bits per heavy atom. The molecule has 3 nitrogen and oxygen atoms in total. The standard InChI is InChI=1S/C11H11BrF3N3/c1-18-9-3-2-7(12)4-8(9)17-10(18)5-16-6-11(13,14)15/h2-4,16H,5-6H2,1H3. The van der Waals surface area contributed by atoms with Crippen molar-refractivity contribution in [3.8, 4) is 0 Å². The Labute approximate surface area is 110 Å². The Bertz CT molecular complexity index is 562. The van der Waals surface area contributed by atoms with Crippen LogP contribution in [0.2, 0.25) is 0 Å². The normalized spacial score (nSPS) is 12.3. The quantitative estimate of drug-likeness (QED) is 0.941. The minimum Gasteiger partial charge on any atom is -0.330 e. The first-order valence-corrected chi connectivity index (χ1v) is 6.04. The number of fused-ring (bicyclic) bond motifs is 1. The predicted molar refractivity (Wildman–Crippen MR) is 66.2 cm³/mol. The minimum absolute atomic E-state index is 0.0856. The van der Waals surface area contributed by atoms with Gasteiger partial charge in [-0.3, -0.25) is 0 Å². The molecule has 0 atom stereocenters. The van der Waals surface area contributed by atoms with Gasteiger partial charge in [0.2, 0.25) is 0 Å². The maximum atomic E-state index is 12.0. The summed E-state index contributed by atoms with van der Waals surface area (Å²) in [6, 6.07) is 5.58. The van der Waals surface area contributed by atoms with Crippen molar-refractivity contribution in [3.63, 3.8) is 0 Å². The van der Waals surface area contributed by atoms with E-state index in [9.17, 15) is 13.2 Å². The highest BCUT2D eigenvalue weighted by atomic mass is 79.9. The number of rotatable bonds is 3. The first-order chi connectivity index (χ1) is 8.37. The number of aryl methyl sites for hydroxylation is 1. The van der Waals surface area contributed by atoms with Crippen molar-refractivity contribution in [3.05, 3.63) is 28.5 Å². The second kappa shape index (κ2) is 4.89. The van der Waals surface area contributed by atoms with Crippen LogP contribution < -0.4 is 5.32 Å². The van der Waals surface area contributed by atoms with E-state index in [2.05, 4.69) is 26.2 Å². The number of imidazole rings is 1. The fraction of sp³-hybridized carbons (Fsp3) is 0.364. The Morgan fingerprint density at radius 1 is 1.39 bits per heavy atom. The van der Waals surface area contributed by atoms with Gasteiger partial charge in [0.1, 0.15) is 5.82 Å². The lowest BCUT2D eigenvalue weighted by Crippen LogP contribution is -2.29. The van der Waals surface area contributed by atoms with Gasteiger partial charge in [-0.25, -0.2) is 4.98 Å². The van der Waals surface area contributed by atoms with Crippen LogP contribution in [0, 0.1) is 0 Å². The maximum Gasteiger partial charge on any atom is 0.401 e. The molecule has 2 aromatic rings. The van der Waals surface area contributed by atoms with Crippen molar-refractivity contribution in [2.75, 3.05) is 6.54 Å². The first-order valence-electron chi connectivity index (χ1n) is 5.25. The third kappa shape index (κ3) is 3.02. The number of halogens is 4. The van der Waals surface area contributed by atoms with Gasteiger partial charge in [-0.05, 0) is 18.2 Å². The molecular formula is C11H11BrF3N3. The molecule has 0 spiro atoms. The molecule has 18 heavy (non-hydrogen) atoms. The summed E-state index contributed by atoms with van der Waals surface area (Å²) >= 11 is 3.33. The number of alkyl halides is 3. The Kier molecular flexibility index (Phi) is 3.63. The van der Waals surface area contributed by atoms with Gasteiger partial charge in [0, 0.05) is 11.5 Å². The number of aromatic nitrogens is 2. The third-order valence-corrected chi connectivity index (χ3v) is 3.04. The summed E-state index contributed by atoms with van der Waals surface area (Å²) < 4.78 is 38.7. The molecule has 0 aliphatic rings. The lowest BCUT2D eigenvalue weighted by atomic mass is 10.3. The molecule has 1 N–H and O–H groups in total. The monoisotopic (exact) mass is 321 g/mol. The van der Waals surface area contributed by atoms with Crippen LogP contribution in [0.15, 0.2) is 22.7 Å². The van der Waals surface area contributed by atoms with Crippen LogP contribution in [0.3, 0.4) is 0 Å². The summed E-state index contributed by atoms with van der Waals surface area (Å²) in [4.78, 5) is 4.30. The number of nitrogens with one attached hydrogen (secondary N) is 1. The van der Waals surface area contributed by atoms with Gasteiger partial charge in [0.05, 0.1) is 24.1 Å². The fourth-order valence-corrected chi connectivity index (χ4v) is 2.05. The maximum absolute atomic E-state index is 12.0. The second-order valence-corrected chi connectivity index (χ2v) is 4.85. The zero-order valence-corrected chi connectivity index (χ0v) is 11.1. The van der Waals surface area contributed by atoms with Gasteiger partial charge in [-0.2, -0.15) is 13.2 Å². The molecule has 1 aromatic heterocycles. The first kappa shape index (κ1) is 13.4. The van der Waals surface area contributed by atoms with E-state index in [1.165, 1.54) is 0 Å². The number of hydrogen-bond donors (Lipinski definition) is 1. The molecular weight excluding hydrogens is 311 g/mol. The molecule has 1 aromatic carbocycles. The molecule has 0 bridgehead atoms. The van der Waals surface area contributed by atoms with E-state index in [4.69, 9.17) is 0 Å². The number of nitrogens with zero attached hydrogens (tertiary/aromatic N) is 2. The second-order valence-electron chi connectivity index (χ2n) is 3.94. The van der Waals surface area contributed by atoms with Crippen LogP contribution >= 0.6 is 15.9 Å². The van der Waals surface area contributed by atoms with Crippen molar-refractivity contribution < 1.29 is 13.2 Å². The Hall–Kier alpha value is -1.08. The van der Waals surface area contributed by atoms with Crippen LogP contribution in [0.1, 0.15) is 5.82 Å². The highest BCUT2D eigenvalue weighted by molar-refractivity contribution is 9.10. The van der Waals surface area contributed by atoms with Crippen molar-refractivity contribution in [1.29, 1.82) is 0 Å². The van der Waals surface area contributed by atoms with Gasteiger partial charge in [0.25, 0.3) is 0 Å². The summed E-state index contributed by atoms with van der Waals surface area (Å²) in [5.74, 6) is 0.576. The topological polar surface area (TPSA) is 29.9 Å². The third-order valence-electron chi connectivity index (χ3n) is 2.54. The summed E-state index contributed by atoms with van der Waals surface area (Å²) in [6.45, 7) is -0.928. The Balaban J connectivity index is 2.16. The van der Waals surface area contributed by atoms with Gasteiger partial charge in [-0.1, -0.05) is 15.9 Å². The number of hydrogen-bond acceptors (Lipinski definition) is 2. The summed E-state index contributed by atoms with van der Waals surface area (Å²) in [6.07, 6.45) is -4.20. The van der Waals surface area contributed by atoms with Gasteiger partial charge in [0.15, 0.2) is 0 Å². The smallest absolute Gasteiger partial charge is 0.330 e. The highest BCUT2D eigenvalue weighted by Crippen LogP contribution is 2.20. The summed E-state index contributed by atoms with van der Waals surface area (Å²) in [5.41, 5.74) is 1.65. The summed E-state index contributed by atoms with van der Waals surface area (Å²) in [5, 5.41) is 2.34. The zero-order valence-electron chi connectivity index (χ0n) is 9.55. The average Bonchev–Trinajstić information content (AvgIpc) is 2.53. The van der Waals surface area contributed by atoms with Gasteiger partial charge < -0.3 is 9.88 Å². The fourth-order valence-electron chi connectivity index (χ4n) is 1.70. The minimum atomic E-state index is -4.20. The van der Waals surface area contributed by atoms with Crippen LogP contribution in [0.25, 0.3) is 11.0 Å². The van der Waals surface area contributed by atoms with Crippen LogP contribution in [0.4, 0.5) is 13.2 Å². The molecule has 0 saturated carbocycles. The summed E-state index contributed by atoms with van der Waals surface area (Å²) in [7, 11) is 1.79. The van der Waals surface area contributed by atoms with E-state index in [0.29, 0.717) is 5.82 Å². The van der Waals surface area contributed by atoms with E-state index in [-0.39, 0.29) is 6.54 Å².